The van der Waals surface area contributed by atoms with Crippen molar-refractivity contribution in [3.63, 3.8) is 0 Å². The summed E-state index contributed by atoms with van der Waals surface area (Å²) in [4.78, 5) is 9.01. The van der Waals surface area contributed by atoms with Crippen LogP contribution in [-0.4, -0.2) is 14.5 Å². The van der Waals surface area contributed by atoms with Crippen molar-refractivity contribution in [1.29, 1.82) is 0 Å². The molecule has 0 saturated heterocycles. The first kappa shape index (κ1) is 17.1. The van der Waals surface area contributed by atoms with Crippen LogP contribution in [0.2, 0.25) is 0 Å². The molecular formula is C26H19N3. The minimum absolute atomic E-state index is 0.667. The Morgan fingerprint density at radius 3 is 1.90 bits per heavy atom. The zero-order valence-corrected chi connectivity index (χ0v) is 15.8. The molecule has 0 unspecified atom stereocenters. The van der Waals surface area contributed by atoms with Crippen LogP contribution in [0, 0.1) is 0 Å². The van der Waals surface area contributed by atoms with Crippen molar-refractivity contribution in [3.05, 3.63) is 126 Å². The van der Waals surface area contributed by atoms with E-state index in [1.54, 1.807) is 12.4 Å². The highest BCUT2D eigenvalue weighted by Gasteiger charge is 2.13. The fourth-order valence-electron chi connectivity index (χ4n) is 3.63. The molecule has 0 N–H and O–H groups in total. The maximum absolute atomic E-state index is 4.51. The summed E-state index contributed by atoms with van der Waals surface area (Å²) < 4.78 is 2.11. The van der Waals surface area contributed by atoms with Crippen molar-refractivity contribution in [2.45, 2.75) is 0 Å². The number of rotatable bonds is 4. The SMILES string of the molecule is C(=C(c1ccccc1)c1ccccc1)c1cc2ccccc2n1-c1ncccn1. The van der Waals surface area contributed by atoms with Crippen molar-refractivity contribution in [3.8, 4) is 5.95 Å². The lowest BCUT2D eigenvalue weighted by Gasteiger charge is -2.11. The molecule has 0 fully saturated rings. The summed E-state index contributed by atoms with van der Waals surface area (Å²) in [6.07, 6.45) is 5.78. The molecule has 138 valence electrons. The summed E-state index contributed by atoms with van der Waals surface area (Å²) in [5.74, 6) is 0.667. The zero-order valence-electron chi connectivity index (χ0n) is 15.8. The number of hydrogen-bond donors (Lipinski definition) is 0. The van der Waals surface area contributed by atoms with Gasteiger partial charge in [-0.1, -0.05) is 78.9 Å². The second-order valence-corrected chi connectivity index (χ2v) is 6.80. The van der Waals surface area contributed by atoms with Crippen LogP contribution in [0.1, 0.15) is 16.8 Å². The molecule has 0 spiro atoms. The molecule has 3 heteroatoms. The predicted octanol–water partition coefficient (Wildman–Crippen LogP) is 6.01. The number of para-hydroxylation sites is 1. The third-order valence-corrected chi connectivity index (χ3v) is 4.95. The Kier molecular flexibility index (Phi) is 4.47. The van der Waals surface area contributed by atoms with Gasteiger partial charge in [-0.05, 0) is 41.0 Å². The fourth-order valence-corrected chi connectivity index (χ4v) is 3.63. The first-order valence-corrected chi connectivity index (χ1v) is 9.60. The number of hydrogen-bond acceptors (Lipinski definition) is 2. The van der Waals surface area contributed by atoms with E-state index in [0.717, 1.165) is 22.2 Å². The Balaban J connectivity index is 1.79. The lowest BCUT2D eigenvalue weighted by atomic mass is 9.97. The summed E-state index contributed by atoms with van der Waals surface area (Å²) in [5, 5.41) is 1.16. The van der Waals surface area contributed by atoms with Crippen molar-refractivity contribution < 1.29 is 0 Å². The van der Waals surface area contributed by atoms with Crippen LogP contribution in [0.3, 0.4) is 0 Å². The predicted molar refractivity (Wildman–Crippen MR) is 119 cm³/mol. The third-order valence-electron chi connectivity index (χ3n) is 4.95. The van der Waals surface area contributed by atoms with Gasteiger partial charge < -0.3 is 0 Å². The van der Waals surface area contributed by atoms with E-state index >= 15 is 0 Å². The number of nitrogens with zero attached hydrogens (tertiary/aromatic N) is 3. The molecular weight excluding hydrogens is 354 g/mol. The van der Waals surface area contributed by atoms with Crippen LogP contribution in [0.15, 0.2) is 109 Å². The minimum atomic E-state index is 0.667. The highest BCUT2D eigenvalue weighted by molar-refractivity contribution is 5.94. The van der Waals surface area contributed by atoms with Gasteiger partial charge in [0, 0.05) is 17.8 Å². The molecule has 5 rings (SSSR count). The number of aromatic nitrogens is 3. The summed E-state index contributed by atoms with van der Waals surface area (Å²) in [5.41, 5.74) is 5.63. The summed E-state index contributed by atoms with van der Waals surface area (Å²) >= 11 is 0. The molecule has 3 aromatic carbocycles. The molecule has 0 aliphatic heterocycles. The molecule has 0 radical (unpaired) electrons. The average molecular weight is 373 g/mol. The zero-order chi connectivity index (χ0) is 19.5. The van der Waals surface area contributed by atoms with E-state index in [1.807, 2.05) is 24.3 Å². The minimum Gasteiger partial charge on any atom is -0.279 e. The van der Waals surface area contributed by atoms with Gasteiger partial charge in [-0.3, -0.25) is 4.57 Å². The van der Waals surface area contributed by atoms with Gasteiger partial charge >= 0.3 is 0 Å². The molecule has 3 nitrogen and oxygen atoms in total. The quantitative estimate of drug-likeness (QED) is 0.386. The van der Waals surface area contributed by atoms with Gasteiger partial charge in [0.2, 0.25) is 5.95 Å². The van der Waals surface area contributed by atoms with E-state index in [-0.39, 0.29) is 0 Å². The van der Waals surface area contributed by atoms with Crippen molar-refractivity contribution in [1.82, 2.24) is 14.5 Å². The van der Waals surface area contributed by atoms with Gasteiger partial charge in [0.1, 0.15) is 0 Å². The molecule has 0 aliphatic carbocycles. The normalized spacial score (nSPS) is 10.8. The van der Waals surface area contributed by atoms with Crippen molar-refractivity contribution in [2.24, 2.45) is 0 Å². The van der Waals surface area contributed by atoms with Crippen molar-refractivity contribution >= 4 is 22.6 Å². The Morgan fingerprint density at radius 2 is 1.24 bits per heavy atom. The van der Waals surface area contributed by atoms with E-state index < -0.39 is 0 Å². The van der Waals surface area contributed by atoms with E-state index in [1.165, 1.54) is 11.1 Å². The van der Waals surface area contributed by atoms with E-state index in [9.17, 15) is 0 Å². The molecule has 29 heavy (non-hydrogen) atoms. The third kappa shape index (κ3) is 3.34. The van der Waals surface area contributed by atoms with Crippen LogP contribution < -0.4 is 0 Å². The molecule has 0 amide bonds. The monoisotopic (exact) mass is 373 g/mol. The second kappa shape index (κ2) is 7.56. The molecule has 5 aromatic rings. The van der Waals surface area contributed by atoms with Crippen LogP contribution in [0.25, 0.3) is 28.5 Å². The second-order valence-electron chi connectivity index (χ2n) is 6.80. The van der Waals surface area contributed by atoms with Crippen LogP contribution in [-0.2, 0) is 0 Å². The van der Waals surface area contributed by atoms with Gasteiger partial charge in [-0.2, -0.15) is 0 Å². The standard InChI is InChI=1S/C26H19N3/c1-3-10-20(11-4-1)24(21-12-5-2-6-13-21)19-23-18-22-14-7-8-15-25(22)29(23)26-27-16-9-17-28-26/h1-19H. The fraction of sp³-hybridized carbons (Fsp3) is 0. The van der Waals surface area contributed by atoms with E-state index in [2.05, 4.69) is 93.4 Å². The smallest absolute Gasteiger partial charge is 0.234 e. The highest BCUT2D eigenvalue weighted by atomic mass is 15.1. The highest BCUT2D eigenvalue weighted by Crippen LogP contribution is 2.30. The summed E-state index contributed by atoms with van der Waals surface area (Å²) in [6.45, 7) is 0. The lowest BCUT2D eigenvalue weighted by molar-refractivity contribution is 0.953. The van der Waals surface area contributed by atoms with Crippen LogP contribution in [0.4, 0.5) is 0 Å². The Bertz CT molecular complexity index is 1230. The van der Waals surface area contributed by atoms with Crippen LogP contribution in [0.5, 0.6) is 0 Å². The van der Waals surface area contributed by atoms with E-state index in [0.29, 0.717) is 5.95 Å². The van der Waals surface area contributed by atoms with Gasteiger partial charge in [-0.15, -0.1) is 0 Å². The number of benzene rings is 3. The Hall–Kier alpha value is -3.98. The average Bonchev–Trinajstić information content (AvgIpc) is 3.17. The first-order chi connectivity index (χ1) is 14.4. The molecule has 0 aliphatic rings. The molecule has 0 atom stereocenters. The maximum atomic E-state index is 4.51. The van der Waals surface area contributed by atoms with Gasteiger partial charge in [0.15, 0.2) is 0 Å². The maximum Gasteiger partial charge on any atom is 0.234 e. The summed E-state index contributed by atoms with van der Waals surface area (Å²) in [7, 11) is 0. The van der Waals surface area contributed by atoms with Crippen LogP contribution >= 0.6 is 0 Å². The Labute approximate surface area is 169 Å². The van der Waals surface area contributed by atoms with Gasteiger partial charge in [-0.25, -0.2) is 9.97 Å². The molecule has 2 heterocycles. The van der Waals surface area contributed by atoms with E-state index in [4.69, 9.17) is 0 Å². The van der Waals surface area contributed by atoms with Gasteiger partial charge in [0.25, 0.3) is 0 Å². The lowest BCUT2D eigenvalue weighted by Crippen LogP contribution is -2.02. The topological polar surface area (TPSA) is 30.7 Å². The number of fused-ring (bicyclic) bond motifs is 1. The van der Waals surface area contributed by atoms with Crippen molar-refractivity contribution in [2.75, 3.05) is 0 Å². The first-order valence-electron chi connectivity index (χ1n) is 9.60. The summed E-state index contributed by atoms with van der Waals surface area (Å²) in [6, 6.07) is 33.3. The molecule has 0 bridgehead atoms. The largest absolute Gasteiger partial charge is 0.279 e. The molecule has 2 aromatic heterocycles. The molecule has 0 saturated carbocycles. The van der Waals surface area contributed by atoms with Gasteiger partial charge in [0.05, 0.1) is 11.2 Å². The Morgan fingerprint density at radius 1 is 0.655 bits per heavy atom.